The van der Waals surface area contributed by atoms with Crippen LogP contribution in [-0.2, 0) is 9.53 Å². The Morgan fingerprint density at radius 2 is 1.94 bits per heavy atom. The molecule has 0 spiro atoms. The van der Waals surface area contributed by atoms with Crippen molar-refractivity contribution in [3.63, 3.8) is 0 Å². The summed E-state index contributed by atoms with van der Waals surface area (Å²) in [5.74, 6) is -3.91. The number of rotatable bonds is 9. The third kappa shape index (κ3) is 7.01. The van der Waals surface area contributed by atoms with Gasteiger partial charge in [-0.2, -0.15) is 10.2 Å². The van der Waals surface area contributed by atoms with Gasteiger partial charge in [-0.15, -0.1) is 0 Å². The van der Waals surface area contributed by atoms with Crippen LogP contribution in [0.4, 0.5) is 24.9 Å². The molecule has 48 heavy (non-hydrogen) atoms. The van der Waals surface area contributed by atoms with Gasteiger partial charge in [0, 0.05) is 24.1 Å². The third-order valence-corrected chi connectivity index (χ3v) is 9.02. The van der Waals surface area contributed by atoms with E-state index in [1.807, 2.05) is 12.1 Å². The summed E-state index contributed by atoms with van der Waals surface area (Å²) in [7, 11) is 1.56. The van der Waals surface area contributed by atoms with Gasteiger partial charge in [-0.1, -0.05) is 0 Å². The van der Waals surface area contributed by atoms with E-state index in [2.05, 4.69) is 25.2 Å². The molecule has 3 aliphatic rings. The fourth-order valence-electron chi connectivity index (χ4n) is 6.29. The molecule has 2 aromatic heterocycles. The van der Waals surface area contributed by atoms with E-state index in [1.54, 1.807) is 13.2 Å². The number of hydrogen-bond acceptors (Lipinski definition) is 11. The van der Waals surface area contributed by atoms with Crippen molar-refractivity contribution in [3.8, 4) is 29.0 Å². The molecule has 2 atom stereocenters. The number of alkyl halides is 2. The van der Waals surface area contributed by atoms with Crippen LogP contribution in [0.3, 0.4) is 0 Å². The van der Waals surface area contributed by atoms with Crippen LogP contribution in [0.15, 0.2) is 36.5 Å². The van der Waals surface area contributed by atoms with Gasteiger partial charge >= 0.3 is 5.92 Å². The lowest BCUT2D eigenvalue weighted by atomic mass is 9.89. The van der Waals surface area contributed by atoms with Crippen LogP contribution in [0, 0.1) is 17.1 Å². The van der Waals surface area contributed by atoms with Gasteiger partial charge in [0.15, 0.2) is 11.9 Å². The zero-order valence-electron chi connectivity index (χ0n) is 26.5. The van der Waals surface area contributed by atoms with Gasteiger partial charge in [0.05, 0.1) is 44.7 Å². The molecule has 12 nitrogen and oxygen atoms in total. The standard InChI is InChI=1S/C33H36F3N7O5/c1-19(44)31(45)43-12-9-27(33(35,36)18-43)48-26-5-3-21(13-22(26)14-37)29-25(34)15-38-32(41-29)40-28-6-4-24(30(39-28)46-2)20-7-10-42(11-8-20)23-16-47-17-23/h3-6,13,15,19-20,23,27,44H,7-12,16-18H2,1-2H3,(H,38,39,40,41)/t19-,27?/m0/s1. The summed E-state index contributed by atoms with van der Waals surface area (Å²) in [6.45, 7) is 3.78. The SMILES string of the molecule is COc1nc(Nc2ncc(F)c(-c3ccc(OC4CCN(C(=O)[C@H](C)O)CC4(F)F)c(C#N)c3)n2)ccc1C1CCN(C2COC2)CC1. The number of ether oxygens (including phenoxy) is 3. The summed E-state index contributed by atoms with van der Waals surface area (Å²) in [6, 6.07) is 10.2. The summed E-state index contributed by atoms with van der Waals surface area (Å²) in [5.41, 5.74) is 0.980. The van der Waals surface area contributed by atoms with Crippen LogP contribution >= 0.6 is 0 Å². The number of nitrogens with one attached hydrogen (secondary N) is 1. The minimum Gasteiger partial charge on any atom is -0.483 e. The van der Waals surface area contributed by atoms with E-state index in [-0.39, 0.29) is 41.5 Å². The van der Waals surface area contributed by atoms with Gasteiger partial charge in [0.1, 0.15) is 29.4 Å². The first kappa shape index (κ1) is 33.4. The van der Waals surface area contributed by atoms with Crippen molar-refractivity contribution in [2.75, 3.05) is 51.8 Å². The van der Waals surface area contributed by atoms with Gasteiger partial charge in [0.25, 0.3) is 5.91 Å². The van der Waals surface area contributed by atoms with Gasteiger partial charge in [-0.3, -0.25) is 9.69 Å². The molecule has 1 amide bonds. The zero-order valence-corrected chi connectivity index (χ0v) is 26.5. The molecule has 3 saturated heterocycles. The number of benzene rings is 1. The van der Waals surface area contributed by atoms with Crippen LogP contribution in [0.25, 0.3) is 11.3 Å². The predicted octanol–water partition coefficient (Wildman–Crippen LogP) is 3.88. The Hall–Kier alpha value is -4.52. The molecule has 0 radical (unpaired) electrons. The molecular weight excluding hydrogens is 631 g/mol. The summed E-state index contributed by atoms with van der Waals surface area (Å²) >= 11 is 0. The van der Waals surface area contributed by atoms with E-state index >= 15 is 0 Å². The number of pyridine rings is 1. The lowest BCUT2D eigenvalue weighted by Crippen LogP contribution is -2.56. The monoisotopic (exact) mass is 667 g/mol. The Bertz CT molecular complexity index is 1690. The molecule has 0 bridgehead atoms. The number of likely N-dealkylation sites (tertiary alicyclic amines) is 2. The number of halogens is 3. The molecule has 1 unspecified atom stereocenters. The first-order valence-electron chi connectivity index (χ1n) is 15.8. The van der Waals surface area contributed by atoms with Crippen molar-refractivity contribution in [1.82, 2.24) is 24.8 Å². The minimum absolute atomic E-state index is 0.0432. The molecular formula is C33H36F3N7O5. The molecule has 15 heteroatoms. The molecule has 254 valence electrons. The van der Waals surface area contributed by atoms with Crippen molar-refractivity contribution in [3.05, 3.63) is 53.5 Å². The summed E-state index contributed by atoms with van der Waals surface area (Å²) in [5, 5.41) is 22.3. The van der Waals surface area contributed by atoms with Gasteiger partial charge in [-0.25, -0.2) is 23.1 Å². The maximum absolute atomic E-state index is 15.0. The molecule has 3 fully saturated rings. The van der Waals surface area contributed by atoms with Gasteiger partial charge in [-0.05, 0) is 69.1 Å². The van der Waals surface area contributed by atoms with Crippen LogP contribution < -0.4 is 14.8 Å². The van der Waals surface area contributed by atoms with Crippen LogP contribution in [0.5, 0.6) is 11.6 Å². The summed E-state index contributed by atoms with van der Waals surface area (Å²) < 4.78 is 61.4. The first-order chi connectivity index (χ1) is 23.1. The van der Waals surface area contributed by atoms with Crippen molar-refractivity contribution in [1.29, 1.82) is 5.26 Å². The molecule has 2 N–H and O–H groups in total. The van der Waals surface area contributed by atoms with Crippen LogP contribution in [-0.4, -0.2) is 106 Å². The zero-order chi connectivity index (χ0) is 34.0. The Morgan fingerprint density at radius 3 is 2.58 bits per heavy atom. The van der Waals surface area contributed by atoms with E-state index in [4.69, 9.17) is 14.2 Å². The quantitative estimate of drug-likeness (QED) is 0.343. The maximum Gasteiger partial charge on any atom is 0.301 e. The maximum atomic E-state index is 15.0. The van der Waals surface area contributed by atoms with E-state index in [9.17, 15) is 28.3 Å². The third-order valence-electron chi connectivity index (χ3n) is 9.02. The van der Waals surface area contributed by atoms with Crippen molar-refractivity contribution < 1.29 is 37.3 Å². The average Bonchev–Trinajstić information content (AvgIpc) is 3.05. The number of aliphatic hydroxyl groups is 1. The van der Waals surface area contributed by atoms with E-state index < -0.39 is 36.4 Å². The number of carbonyl (C=O) groups excluding carboxylic acids is 1. The number of nitrogens with zero attached hydrogens (tertiary/aromatic N) is 6. The number of hydrogen-bond donors (Lipinski definition) is 2. The van der Waals surface area contributed by atoms with Crippen molar-refractivity contribution in [2.24, 2.45) is 0 Å². The van der Waals surface area contributed by atoms with Crippen LogP contribution in [0.1, 0.15) is 43.2 Å². The first-order valence-corrected chi connectivity index (χ1v) is 15.8. The second-order valence-electron chi connectivity index (χ2n) is 12.2. The Balaban J connectivity index is 1.15. The molecule has 3 aliphatic heterocycles. The highest BCUT2D eigenvalue weighted by molar-refractivity contribution is 5.80. The highest BCUT2D eigenvalue weighted by Gasteiger charge is 2.48. The number of amides is 1. The number of aromatic nitrogens is 3. The molecule has 6 rings (SSSR count). The molecule has 0 aliphatic carbocycles. The summed E-state index contributed by atoms with van der Waals surface area (Å²) in [6.07, 6.45) is -0.301. The normalized spacial score (nSPS) is 20.8. The molecule has 1 aromatic carbocycles. The largest absolute Gasteiger partial charge is 0.483 e. The number of anilines is 2. The number of methoxy groups -OCH3 is 1. The average molecular weight is 668 g/mol. The van der Waals surface area contributed by atoms with E-state index in [1.165, 1.54) is 25.1 Å². The summed E-state index contributed by atoms with van der Waals surface area (Å²) in [4.78, 5) is 28.3. The van der Waals surface area contributed by atoms with Crippen molar-refractivity contribution in [2.45, 2.75) is 56.3 Å². The number of piperidine rings is 2. The number of carbonyl (C=O) groups is 1. The lowest BCUT2D eigenvalue weighted by Gasteiger charge is -2.41. The number of nitriles is 1. The Labute approximate surface area is 275 Å². The second kappa shape index (κ2) is 13.9. The van der Waals surface area contributed by atoms with Crippen LogP contribution in [0.2, 0.25) is 0 Å². The lowest BCUT2D eigenvalue weighted by molar-refractivity contribution is -0.165. The molecule has 3 aromatic rings. The topological polar surface area (TPSA) is 146 Å². The minimum atomic E-state index is -3.44. The predicted molar refractivity (Wildman–Crippen MR) is 167 cm³/mol. The van der Waals surface area contributed by atoms with Crippen molar-refractivity contribution >= 4 is 17.7 Å². The fourth-order valence-corrected chi connectivity index (χ4v) is 6.29. The van der Waals surface area contributed by atoms with Gasteiger partial charge in [0.2, 0.25) is 11.8 Å². The Kier molecular flexibility index (Phi) is 9.68. The smallest absolute Gasteiger partial charge is 0.301 e. The Morgan fingerprint density at radius 1 is 1.17 bits per heavy atom. The van der Waals surface area contributed by atoms with E-state index in [0.29, 0.717) is 23.7 Å². The highest BCUT2D eigenvalue weighted by atomic mass is 19.3. The molecule has 0 saturated carbocycles. The highest BCUT2D eigenvalue weighted by Crippen LogP contribution is 2.37. The molecule has 5 heterocycles. The number of aliphatic hydroxyl groups excluding tert-OH is 1. The van der Waals surface area contributed by atoms with E-state index in [0.717, 1.165) is 55.8 Å². The van der Waals surface area contributed by atoms with Gasteiger partial charge < -0.3 is 29.5 Å². The fraction of sp³-hybridized carbons (Fsp3) is 0.485. The second-order valence-corrected chi connectivity index (χ2v) is 12.2.